The van der Waals surface area contributed by atoms with Crippen molar-refractivity contribution in [2.45, 2.75) is 39.7 Å². The lowest BCUT2D eigenvalue weighted by atomic mass is 9.82. The molecule has 4 rings (SSSR count). The zero-order valence-corrected chi connectivity index (χ0v) is 23.7. The highest BCUT2D eigenvalue weighted by Crippen LogP contribution is 2.38. The second-order valence-electron chi connectivity index (χ2n) is 9.56. The smallest absolute Gasteiger partial charge is 0.328 e. The highest BCUT2D eigenvalue weighted by Gasteiger charge is 2.35. The van der Waals surface area contributed by atoms with Gasteiger partial charge in [0, 0.05) is 23.2 Å². The molecule has 0 bridgehead atoms. The molecule has 10 nitrogen and oxygen atoms in total. The van der Waals surface area contributed by atoms with Crippen LogP contribution in [0, 0.1) is 6.92 Å². The number of nitrogens with one attached hydrogen (secondary N) is 2. The molecule has 3 aromatic rings. The predicted octanol–water partition coefficient (Wildman–Crippen LogP) is 4.28. The van der Waals surface area contributed by atoms with E-state index in [1.54, 1.807) is 44.2 Å². The Balaban J connectivity index is 1.58. The summed E-state index contributed by atoms with van der Waals surface area (Å²) in [5.41, 5.74) is 2.89. The fraction of sp³-hybridized carbons (Fsp3) is 0.281. The second-order valence-corrected chi connectivity index (χ2v) is 9.56. The number of rotatable bonds is 12. The largest absolute Gasteiger partial charge is 0.483 e. The Morgan fingerprint density at radius 1 is 0.810 bits per heavy atom. The van der Waals surface area contributed by atoms with Crippen LogP contribution in [-0.2, 0) is 23.9 Å². The molecule has 0 aromatic heterocycles. The molecule has 1 amide bonds. The summed E-state index contributed by atoms with van der Waals surface area (Å²) in [6.07, 6.45) is -0.126. The van der Waals surface area contributed by atoms with Gasteiger partial charge in [-0.25, -0.2) is 4.79 Å². The van der Waals surface area contributed by atoms with E-state index in [0.717, 1.165) is 11.3 Å². The zero-order chi connectivity index (χ0) is 30.2. The first-order valence-corrected chi connectivity index (χ1v) is 13.7. The molecular formula is C32H32N2O8. The Kier molecular flexibility index (Phi) is 9.69. The van der Waals surface area contributed by atoms with E-state index in [1.807, 2.05) is 31.2 Å². The fourth-order valence-corrected chi connectivity index (χ4v) is 4.58. The summed E-state index contributed by atoms with van der Waals surface area (Å²) >= 11 is 0. The zero-order valence-electron chi connectivity index (χ0n) is 23.7. The Morgan fingerprint density at radius 3 is 2.10 bits per heavy atom. The maximum atomic E-state index is 13.6. The Morgan fingerprint density at radius 2 is 1.45 bits per heavy atom. The summed E-state index contributed by atoms with van der Waals surface area (Å²) in [6, 6.07) is 16.1. The molecule has 10 heteroatoms. The Hall–Kier alpha value is -4.99. The van der Waals surface area contributed by atoms with Gasteiger partial charge in [0.05, 0.1) is 30.0 Å². The van der Waals surface area contributed by atoms with Crippen molar-refractivity contribution in [2.24, 2.45) is 0 Å². The summed E-state index contributed by atoms with van der Waals surface area (Å²) < 4.78 is 15.7. The number of carbonyl (C=O) groups excluding carboxylic acids is 5. The molecule has 0 saturated carbocycles. The van der Waals surface area contributed by atoms with E-state index < -0.39 is 36.3 Å². The maximum Gasteiger partial charge on any atom is 0.328 e. The number of ether oxygens (including phenoxy) is 3. The Bertz CT molecular complexity index is 1510. The van der Waals surface area contributed by atoms with Gasteiger partial charge in [-0.3, -0.25) is 19.2 Å². The highest BCUT2D eigenvalue weighted by atomic mass is 16.5. The van der Waals surface area contributed by atoms with Crippen LogP contribution in [0.4, 0.5) is 11.4 Å². The minimum Gasteiger partial charge on any atom is -0.483 e. The normalized spacial score (nSPS) is 12.5. The van der Waals surface area contributed by atoms with Crippen LogP contribution in [0.3, 0.4) is 0 Å². The van der Waals surface area contributed by atoms with Crippen LogP contribution in [0.1, 0.15) is 64.1 Å². The highest BCUT2D eigenvalue weighted by molar-refractivity contribution is 6.31. The number of hydrogen-bond acceptors (Lipinski definition) is 9. The molecule has 2 N–H and O–H groups in total. The lowest BCUT2D eigenvalue weighted by Gasteiger charge is -2.23. The first-order valence-electron chi connectivity index (χ1n) is 13.7. The molecular weight excluding hydrogens is 540 g/mol. The molecule has 1 atom stereocenters. The van der Waals surface area contributed by atoms with Crippen molar-refractivity contribution in [3.8, 4) is 5.75 Å². The number of carbonyl (C=O) groups is 5. The first kappa shape index (κ1) is 30.0. The van der Waals surface area contributed by atoms with Gasteiger partial charge in [0.15, 0.2) is 18.2 Å². The summed E-state index contributed by atoms with van der Waals surface area (Å²) in [5.74, 6) is -2.61. The summed E-state index contributed by atoms with van der Waals surface area (Å²) in [6.45, 7) is 4.98. The van der Waals surface area contributed by atoms with E-state index >= 15 is 0 Å². The van der Waals surface area contributed by atoms with Crippen LogP contribution in [0.15, 0.2) is 60.7 Å². The van der Waals surface area contributed by atoms with Crippen LogP contribution in [0.25, 0.3) is 0 Å². The first-order chi connectivity index (χ1) is 20.2. The van der Waals surface area contributed by atoms with Crippen molar-refractivity contribution < 1.29 is 38.2 Å². The van der Waals surface area contributed by atoms with Gasteiger partial charge < -0.3 is 24.8 Å². The van der Waals surface area contributed by atoms with Gasteiger partial charge in [-0.1, -0.05) is 42.0 Å². The number of fused-ring (bicyclic) bond motifs is 2. The Labute approximate surface area is 243 Å². The van der Waals surface area contributed by atoms with Crippen molar-refractivity contribution in [3.05, 3.63) is 88.5 Å². The van der Waals surface area contributed by atoms with E-state index in [1.165, 1.54) is 6.07 Å². The third-order valence-electron chi connectivity index (χ3n) is 6.58. The third kappa shape index (κ3) is 6.83. The maximum absolute atomic E-state index is 13.6. The molecule has 0 aliphatic heterocycles. The van der Waals surface area contributed by atoms with Gasteiger partial charge in [0.2, 0.25) is 0 Å². The monoisotopic (exact) mass is 572 g/mol. The number of anilines is 2. The van der Waals surface area contributed by atoms with Gasteiger partial charge in [-0.05, 0) is 51.5 Å². The fourth-order valence-electron chi connectivity index (χ4n) is 4.58. The van der Waals surface area contributed by atoms with Gasteiger partial charge in [-0.15, -0.1) is 0 Å². The van der Waals surface area contributed by atoms with E-state index in [4.69, 9.17) is 14.2 Å². The number of aryl methyl sites for hydroxylation is 1. The van der Waals surface area contributed by atoms with Crippen molar-refractivity contribution >= 4 is 40.8 Å². The van der Waals surface area contributed by atoms with Crippen molar-refractivity contribution in [2.75, 3.05) is 25.1 Å². The molecule has 3 aromatic carbocycles. The van der Waals surface area contributed by atoms with Gasteiger partial charge in [0.1, 0.15) is 11.8 Å². The average molecular weight is 573 g/mol. The van der Waals surface area contributed by atoms with Gasteiger partial charge in [0.25, 0.3) is 5.91 Å². The topological polar surface area (TPSA) is 137 Å². The van der Waals surface area contributed by atoms with Gasteiger partial charge in [-0.2, -0.15) is 0 Å². The lowest BCUT2D eigenvalue weighted by Crippen LogP contribution is -2.44. The molecule has 42 heavy (non-hydrogen) atoms. The van der Waals surface area contributed by atoms with E-state index in [9.17, 15) is 24.0 Å². The second kappa shape index (κ2) is 13.6. The van der Waals surface area contributed by atoms with Crippen LogP contribution in [0.5, 0.6) is 5.75 Å². The molecule has 0 fully saturated rings. The van der Waals surface area contributed by atoms with Gasteiger partial charge >= 0.3 is 11.9 Å². The molecule has 0 saturated heterocycles. The van der Waals surface area contributed by atoms with Crippen LogP contribution >= 0.6 is 0 Å². The standard InChI is InChI=1S/C32H32N2O8/c1-4-40-27(36)17-15-24(32(39)41-5-2)34-26(35)18-42-25-16-14-23(33-20-12-10-19(3)11-13-20)28-29(25)31(38)22-9-7-6-8-21(22)30(28)37/h6-14,16,24,33H,4-5,15,17-18H2,1-3H3,(H,34,35). The summed E-state index contributed by atoms with van der Waals surface area (Å²) in [4.78, 5) is 64.3. The van der Waals surface area contributed by atoms with Crippen LogP contribution in [0.2, 0.25) is 0 Å². The molecule has 0 spiro atoms. The number of benzene rings is 3. The number of esters is 2. The average Bonchev–Trinajstić information content (AvgIpc) is 2.98. The molecule has 0 heterocycles. The predicted molar refractivity (Wildman–Crippen MR) is 154 cm³/mol. The van der Waals surface area contributed by atoms with Crippen LogP contribution in [-0.4, -0.2) is 55.3 Å². The van der Waals surface area contributed by atoms with Crippen molar-refractivity contribution in [1.82, 2.24) is 5.32 Å². The molecule has 1 aliphatic rings. The van der Waals surface area contributed by atoms with Crippen LogP contribution < -0.4 is 15.4 Å². The minimum atomic E-state index is -1.10. The molecule has 0 radical (unpaired) electrons. The summed E-state index contributed by atoms with van der Waals surface area (Å²) in [7, 11) is 0. The molecule has 218 valence electrons. The van der Waals surface area contributed by atoms with E-state index in [0.29, 0.717) is 5.69 Å². The number of hydrogen-bond donors (Lipinski definition) is 2. The van der Waals surface area contributed by atoms with Crippen molar-refractivity contribution in [1.29, 1.82) is 0 Å². The molecule has 1 aliphatic carbocycles. The molecule has 1 unspecified atom stereocenters. The quantitative estimate of drug-likeness (QED) is 0.238. The lowest BCUT2D eigenvalue weighted by molar-refractivity contribution is -0.149. The number of amides is 1. The van der Waals surface area contributed by atoms with Crippen molar-refractivity contribution in [3.63, 3.8) is 0 Å². The van der Waals surface area contributed by atoms with E-state index in [-0.39, 0.29) is 59.8 Å². The summed E-state index contributed by atoms with van der Waals surface area (Å²) in [5, 5.41) is 5.74. The third-order valence-corrected chi connectivity index (χ3v) is 6.58. The SMILES string of the molecule is CCOC(=O)CCC(NC(=O)COc1ccc(Nc2ccc(C)cc2)c2c1C(=O)c1ccccc1C2=O)C(=O)OCC. The number of ketones is 2. The minimum absolute atomic E-state index is 0.0258. The van der Waals surface area contributed by atoms with E-state index in [2.05, 4.69) is 10.6 Å².